The Kier molecular flexibility index (Phi) is 3.90. The van der Waals surface area contributed by atoms with Crippen molar-refractivity contribution < 1.29 is 8.42 Å². The molecule has 0 heterocycles. The lowest BCUT2D eigenvalue weighted by Crippen LogP contribution is -2.38. The number of hydrogen-bond acceptors (Lipinski definition) is 3. The lowest BCUT2D eigenvalue weighted by Gasteiger charge is -2.19. The van der Waals surface area contributed by atoms with Gasteiger partial charge in [0.2, 0.25) is 0 Å². The number of rotatable bonds is 3. The van der Waals surface area contributed by atoms with Crippen molar-refractivity contribution in [1.82, 2.24) is 5.32 Å². The molecule has 1 aliphatic rings. The summed E-state index contributed by atoms with van der Waals surface area (Å²) in [5, 5.41) is 2.82. The zero-order valence-corrected chi connectivity index (χ0v) is 12.1. The normalized spacial score (nSPS) is 25.1. The molecular weight excluding hydrogens is 302 g/mol. The maximum absolute atomic E-state index is 12.5. The molecule has 2 unspecified atom stereocenters. The van der Waals surface area contributed by atoms with E-state index in [9.17, 15) is 8.42 Å². The minimum absolute atomic E-state index is 0.0824. The highest BCUT2D eigenvalue weighted by Crippen LogP contribution is 2.30. The predicted octanol–water partition coefficient (Wildman–Crippen LogP) is 2.36. The van der Waals surface area contributed by atoms with Crippen LogP contribution >= 0.6 is 15.9 Å². The van der Waals surface area contributed by atoms with E-state index in [0.717, 1.165) is 23.7 Å². The second-order valence-corrected chi connectivity index (χ2v) is 7.45. The Bertz CT molecular complexity index is 501. The molecule has 1 aliphatic carbocycles. The van der Waals surface area contributed by atoms with Crippen LogP contribution < -0.4 is 5.32 Å². The Morgan fingerprint density at radius 2 is 2.12 bits per heavy atom. The molecular formula is C12H16BrNO2S. The van der Waals surface area contributed by atoms with Gasteiger partial charge in [-0.25, -0.2) is 8.42 Å². The first-order chi connectivity index (χ1) is 8.05. The molecule has 1 saturated carbocycles. The van der Waals surface area contributed by atoms with Crippen molar-refractivity contribution in [3.8, 4) is 0 Å². The van der Waals surface area contributed by atoms with E-state index in [1.807, 2.05) is 13.1 Å². The summed E-state index contributed by atoms with van der Waals surface area (Å²) in [5.74, 6) is 0. The van der Waals surface area contributed by atoms with Crippen LogP contribution in [0.5, 0.6) is 0 Å². The smallest absolute Gasteiger partial charge is 0.182 e. The van der Waals surface area contributed by atoms with Gasteiger partial charge in [-0.15, -0.1) is 0 Å². The third-order valence-electron chi connectivity index (χ3n) is 3.35. The van der Waals surface area contributed by atoms with Crippen molar-refractivity contribution in [1.29, 1.82) is 0 Å². The highest BCUT2D eigenvalue weighted by Gasteiger charge is 2.37. The molecule has 1 aromatic rings. The summed E-state index contributed by atoms with van der Waals surface area (Å²) in [5.41, 5.74) is 0. The van der Waals surface area contributed by atoms with E-state index in [1.165, 1.54) is 0 Å². The van der Waals surface area contributed by atoms with Crippen LogP contribution in [0.3, 0.4) is 0 Å². The van der Waals surface area contributed by atoms with Crippen molar-refractivity contribution in [2.45, 2.75) is 35.4 Å². The van der Waals surface area contributed by atoms with Gasteiger partial charge in [-0.05, 0) is 38.1 Å². The molecule has 3 nitrogen and oxygen atoms in total. The highest BCUT2D eigenvalue weighted by molar-refractivity contribution is 9.10. The minimum Gasteiger partial charge on any atom is -0.316 e. The van der Waals surface area contributed by atoms with E-state index in [0.29, 0.717) is 4.90 Å². The summed E-state index contributed by atoms with van der Waals surface area (Å²) in [6.07, 6.45) is 2.66. The maximum atomic E-state index is 12.5. The van der Waals surface area contributed by atoms with Gasteiger partial charge in [0.25, 0.3) is 0 Å². The largest absolute Gasteiger partial charge is 0.316 e. The fourth-order valence-electron chi connectivity index (χ4n) is 2.45. The zero-order chi connectivity index (χ0) is 12.5. The van der Waals surface area contributed by atoms with Crippen molar-refractivity contribution in [2.24, 2.45) is 0 Å². The lowest BCUT2D eigenvalue weighted by molar-refractivity contribution is 0.538. The first-order valence-electron chi connectivity index (χ1n) is 5.72. The lowest BCUT2D eigenvalue weighted by atomic mass is 10.2. The van der Waals surface area contributed by atoms with Crippen molar-refractivity contribution in [2.75, 3.05) is 7.05 Å². The molecule has 1 aromatic carbocycles. The van der Waals surface area contributed by atoms with Crippen molar-refractivity contribution >= 4 is 25.8 Å². The van der Waals surface area contributed by atoms with Crippen LogP contribution in [0, 0.1) is 0 Å². The van der Waals surface area contributed by atoms with E-state index < -0.39 is 9.84 Å². The standard InChI is InChI=1S/C12H16BrNO2S/c1-14-11-6-3-7-12(11)17(15,16)10-5-2-4-9(13)8-10/h2,4-5,8,11-12,14H,3,6-7H2,1H3. The number of halogens is 1. The maximum Gasteiger partial charge on any atom is 0.182 e. The van der Waals surface area contributed by atoms with Crippen molar-refractivity contribution in [3.63, 3.8) is 0 Å². The summed E-state index contributed by atoms with van der Waals surface area (Å²) in [6, 6.07) is 7.04. The number of hydrogen-bond donors (Lipinski definition) is 1. The molecule has 0 radical (unpaired) electrons. The van der Waals surface area contributed by atoms with Gasteiger partial charge in [-0.1, -0.05) is 28.4 Å². The van der Waals surface area contributed by atoms with Crippen LogP contribution in [-0.2, 0) is 9.84 Å². The van der Waals surface area contributed by atoms with E-state index in [2.05, 4.69) is 21.2 Å². The van der Waals surface area contributed by atoms with Crippen LogP contribution in [-0.4, -0.2) is 26.8 Å². The van der Waals surface area contributed by atoms with Gasteiger partial charge in [-0.3, -0.25) is 0 Å². The molecule has 2 rings (SSSR count). The molecule has 0 spiro atoms. The van der Waals surface area contributed by atoms with Gasteiger partial charge in [0.05, 0.1) is 10.1 Å². The van der Waals surface area contributed by atoms with Gasteiger partial charge < -0.3 is 5.32 Å². The summed E-state index contributed by atoms with van der Waals surface area (Å²) < 4.78 is 25.8. The molecule has 0 aromatic heterocycles. The van der Waals surface area contributed by atoms with E-state index >= 15 is 0 Å². The highest BCUT2D eigenvalue weighted by atomic mass is 79.9. The first kappa shape index (κ1) is 13.1. The topological polar surface area (TPSA) is 46.2 Å². The average molecular weight is 318 g/mol. The second-order valence-electron chi connectivity index (χ2n) is 4.37. The van der Waals surface area contributed by atoms with Gasteiger partial charge in [0.1, 0.15) is 0 Å². The molecule has 0 bridgehead atoms. The fraction of sp³-hybridized carbons (Fsp3) is 0.500. The average Bonchev–Trinajstić information content (AvgIpc) is 2.77. The SMILES string of the molecule is CNC1CCCC1S(=O)(=O)c1cccc(Br)c1. The molecule has 17 heavy (non-hydrogen) atoms. The first-order valence-corrected chi connectivity index (χ1v) is 8.06. The number of sulfone groups is 1. The number of benzene rings is 1. The Morgan fingerprint density at radius 1 is 1.35 bits per heavy atom. The Hall–Kier alpha value is -0.390. The quantitative estimate of drug-likeness (QED) is 0.931. The van der Waals surface area contributed by atoms with Gasteiger partial charge in [-0.2, -0.15) is 0 Å². The second kappa shape index (κ2) is 5.08. The van der Waals surface area contributed by atoms with Gasteiger partial charge in [0.15, 0.2) is 9.84 Å². The Labute approximate surface area is 111 Å². The van der Waals surface area contributed by atoms with Gasteiger partial charge in [0, 0.05) is 10.5 Å². The van der Waals surface area contributed by atoms with Crippen molar-refractivity contribution in [3.05, 3.63) is 28.7 Å². The third-order valence-corrected chi connectivity index (χ3v) is 6.11. The van der Waals surface area contributed by atoms with Crippen LogP contribution in [0.15, 0.2) is 33.6 Å². The fourth-order valence-corrected chi connectivity index (χ4v) is 5.09. The Balaban J connectivity index is 2.36. The molecule has 1 fully saturated rings. The van der Waals surface area contributed by atoms with E-state index in [1.54, 1.807) is 18.2 Å². The van der Waals surface area contributed by atoms with Crippen LogP contribution in [0.1, 0.15) is 19.3 Å². The van der Waals surface area contributed by atoms with Crippen LogP contribution in [0.25, 0.3) is 0 Å². The minimum atomic E-state index is -3.21. The van der Waals surface area contributed by atoms with E-state index in [4.69, 9.17) is 0 Å². The van der Waals surface area contributed by atoms with Crippen LogP contribution in [0.2, 0.25) is 0 Å². The summed E-state index contributed by atoms with van der Waals surface area (Å²) in [6.45, 7) is 0. The molecule has 5 heteroatoms. The predicted molar refractivity (Wildman–Crippen MR) is 71.8 cm³/mol. The summed E-state index contributed by atoms with van der Waals surface area (Å²) in [4.78, 5) is 0.416. The molecule has 1 N–H and O–H groups in total. The molecule has 0 amide bonds. The molecule has 2 atom stereocenters. The number of nitrogens with one attached hydrogen (secondary N) is 1. The van der Waals surface area contributed by atoms with E-state index in [-0.39, 0.29) is 11.3 Å². The Morgan fingerprint density at radius 3 is 2.76 bits per heavy atom. The van der Waals surface area contributed by atoms with Gasteiger partial charge >= 0.3 is 0 Å². The molecule has 0 aliphatic heterocycles. The molecule has 0 saturated heterocycles. The third kappa shape index (κ3) is 2.56. The zero-order valence-electron chi connectivity index (χ0n) is 9.69. The summed E-state index contributed by atoms with van der Waals surface area (Å²) >= 11 is 3.32. The summed E-state index contributed by atoms with van der Waals surface area (Å²) in [7, 11) is -1.38. The monoisotopic (exact) mass is 317 g/mol. The van der Waals surface area contributed by atoms with Crippen LogP contribution in [0.4, 0.5) is 0 Å². The molecule has 94 valence electrons.